The van der Waals surface area contributed by atoms with Crippen LogP contribution >= 0.6 is 11.3 Å². The van der Waals surface area contributed by atoms with Crippen LogP contribution in [0.25, 0.3) is 0 Å². The van der Waals surface area contributed by atoms with Crippen molar-refractivity contribution in [3.8, 4) is 17.6 Å². The highest BCUT2D eigenvalue weighted by Crippen LogP contribution is 2.21. The first kappa shape index (κ1) is 12.4. The molecule has 0 atom stereocenters. The summed E-state index contributed by atoms with van der Waals surface area (Å²) in [5.41, 5.74) is 0.760. The van der Waals surface area contributed by atoms with Gasteiger partial charge in [0.1, 0.15) is 34.1 Å². The Labute approximate surface area is 109 Å². The Bertz CT molecular complexity index is 570. The van der Waals surface area contributed by atoms with Crippen molar-refractivity contribution in [3.63, 3.8) is 0 Å². The van der Waals surface area contributed by atoms with Crippen LogP contribution in [0.1, 0.15) is 15.6 Å². The Balaban J connectivity index is 2.00. The number of hydrogen-bond acceptors (Lipinski definition) is 5. The molecule has 4 nitrogen and oxygen atoms in total. The summed E-state index contributed by atoms with van der Waals surface area (Å²) in [5, 5.41) is 9.65. The van der Waals surface area contributed by atoms with Crippen LogP contribution in [0, 0.1) is 18.3 Å². The molecule has 1 aromatic heterocycles. The molecular weight excluding hydrogens is 248 g/mol. The van der Waals surface area contributed by atoms with E-state index in [-0.39, 0.29) is 0 Å². The summed E-state index contributed by atoms with van der Waals surface area (Å²) in [6.07, 6.45) is 0. The van der Waals surface area contributed by atoms with Gasteiger partial charge < -0.3 is 9.47 Å². The molecule has 2 rings (SSSR count). The number of rotatable bonds is 4. The van der Waals surface area contributed by atoms with Gasteiger partial charge >= 0.3 is 0 Å². The van der Waals surface area contributed by atoms with Gasteiger partial charge in [-0.2, -0.15) is 5.26 Å². The fourth-order valence-electron chi connectivity index (χ4n) is 1.43. The molecule has 0 unspecified atom stereocenters. The number of aryl methyl sites for hydroxylation is 1. The quantitative estimate of drug-likeness (QED) is 0.848. The summed E-state index contributed by atoms with van der Waals surface area (Å²) in [6, 6.07) is 9.46. The van der Waals surface area contributed by atoms with Crippen LogP contribution in [0.15, 0.2) is 24.3 Å². The zero-order valence-electron chi connectivity index (χ0n) is 10.1. The Morgan fingerprint density at radius 2 is 1.94 bits per heavy atom. The highest BCUT2D eigenvalue weighted by Gasteiger charge is 2.07. The maximum Gasteiger partial charge on any atom is 0.140 e. The number of nitrogens with zero attached hydrogens (tertiary/aromatic N) is 2. The van der Waals surface area contributed by atoms with E-state index >= 15 is 0 Å². The van der Waals surface area contributed by atoms with Gasteiger partial charge in [-0.3, -0.25) is 0 Å². The number of aromatic nitrogens is 1. The molecular formula is C13H12N2O2S. The second kappa shape index (κ2) is 5.52. The molecule has 0 aliphatic rings. The van der Waals surface area contributed by atoms with E-state index in [1.54, 1.807) is 7.11 Å². The molecule has 0 spiro atoms. The second-order valence-electron chi connectivity index (χ2n) is 3.60. The first-order valence-corrected chi connectivity index (χ1v) is 6.18. The zero-order valence-corrected chi connectivity index (χ0v) is 11.0. The first-order valence-electron chi connectivity index (χ1n) is 5.36. The molecule has 1 aromatic carbocycles. The minimum Gasteiger partial charge on any atom is -0.497 e. The van der Waals surface area contributed by atoms with Gasteiger partial charge in [0.2, 0.25) is 0 Å². The molecule has 0 aliphatic carbocycles. The lowest BCUT2D eigenvalue weighted by Gasteiger charge is -2.04. The Kier molecular flexibility index (Phi) is 3.80. The van der Waals surface area contributed by atoms with Crippen LogP contribution in [0.3, 0.4) is 0 Å². The van der Waals surface area contributed by atoms with Crippen LogP contribution in [0.2, 0.25) is 0 Å². The van der Waals surface area contributed by atoms with Crippen molar-refractivity contribution in [1.82, 2.24) is 4.98 Å². The van der Waals surface area contributed by atoms with Crippen LogP contribution in [0.5, 0.6) is 11.5 Å². The molecule has 2 aromatic rings. The minimum absolute atomic E-state index is 0.375. The van der Waals surface area contributed by atoms with Crippen molar-refractivity contribution in [1.29, 1.82) is 5.26 Å². The third kappa shape index (κ3) is 2.79. The largest absolute Gasteiger partial charge is 0.497 e. The van der Waals surface area contributed by atoms with E-state index in [0.29, 0.717) is 11.5 Å². The van der Waals surface area contributed by atoms with Crippen LogP contribution < -0.4 is 9.47 Å². The summed E-state index contributed by atoms with van der Waals surface area (Å²) in [5.74, 6) is 1.54. The third-order valence-corrected chi connectivity index (χ3v) is 3.40. The minimum atomic E-state index is 0.375. The molecule has 0 saturated heterocycles. The summed E-state index contributed by atoms with van der Waals surface area (Å²) in [6.45, 7) is 2.20. The van der Waals surface area contributed by atoms with E-state index in [0.717, 1.165) is 22.2 Å². The highest BCUT2D eigenvalue weighted by atomic mass is 32.1. The molecule has 0 amide bonds. The maximum absolute atomic E-state index is 8.84. The molecule has 0 saturated carbocycles. The third-order valence-electron chi connectivity index (χ3n) is 2.36. The average molecular weight is 260 g/mol. The summed E-state index contributed by atoms with van der Waals surface area (Å²) in [7, 11) is 1.62. The van der Waals surface area contributed by atoms with Crippen molar-refractivity contribution >= 4 is 11.3 Å². The number of methoxy groups -OCH3 is 1. The number of ether oxygens (including phenoxy) is 2. The maximum atomic E-state index is 8.84. The van der Waals surface area contributed by atoms with Crippen LogP contribution in [-0.2, 0) is 6.61 Å². The summed E-state index contributed by atoms with van der Waals surface area (Å²) in [4.78, 5) is 4.92. The van der Waals surface area contributed by atoms with Gasteiger partial charge in [0.15, 0.2) is 0 Å². The Hall–Kier alpha value is -2.06. The number of nitriles is 1. The summed E-state index contributed by atoms with van der Waals surface area (Å²) >= 11 is 1.36. The van der Waals surface area contributed by atoms with Crippen molar-refractivity contribution in [3.05, 3.63) is 39.8 Å². The van der Waals surface area contributed by atoms with E-state index in [9.17, 15) is 0 Å². The lowest BCUT2D eigenvalue weighted by Crippen LogP contribution is -1.94. The highest BCUT2D eigenvalue weighted by molar-refractivity contribution is 7.12. The van der Waals surface area contributed by atoms with Crippen molar-refractivity contribution in [2.45, 2.75) is 13.5 Å². The fourth-order valence-corrected chi connectivity index (χ4v) is 2.21. The molecule has 5 heteroatoms. The van der Waals surface area contributed by atoms with Gasteiger partial charge in [-0.1, -0.05) is 0 Å². The molecule has 0 aliphatic heterocycles. The molecule has 0 N–H and O–H groups in total. The van der Waals surface area contributed by atoms with Crippen LogP contribution in [-0.4, -0.2) is 12.1 Å². The predicted molar refractivity (Wildman–Crippen MR) is 68.9 cm³/mol. The van der Waals surface area contributed by atoms with E-state index in [4.69, 9.17) is 14.7 Å². The molecule has 0 bridgehead atoms. The van der Waals surface area contributed by atoms with Crippen LogP contribution in [0.4, 0.5) is 0 Å². The van der Waals surface area contributed by atoms with Gasteiger partial charge in [0, 0.05) is 0 Å². The summed E-state index contributed by atoms with van der Waals surface area (Å²) < 4.78 is 10.7. The normalized spacial score (nSPS) is 9.83. The van der Waals surface area contributed by atoms with E-state index < -0.39 is 0 Å². The van der Waals surface area contributed by atoms with Gasteiger partial charge in [-0.15, -0.1) is 11.3 Å². The molecule has 18 heavy (non-hydrogen) atoms. The smallest absolute Gasteiger partial charge is 0.140 e. The van der Waals surface area contributed by atoms with Crippen molar-refractivity contribution in [2.75, 3.05) is 7.11 Å². The SMILES string of the molecule is COc1ccc(OCc2nc(C)c(C#N)s2)cc1. The average Bonchev–Trinajstić information content (AvgIpc) is 2.77. The second-order valence-corrected chi connectivity index (χ2v) is 4.68. The Morgan fingerprint density at radius 1 is 1.28 bits per heavy atom. The molecule has 92 valence electrons. The standard InChI is InChI=1S/C13H12N2O2S/c1-9-12(7-14)18-13(15-9)8-17-11-5-3-10(16-2)4-6-11/h3-6H,8H2,1-2H3. The zero-order chi connectivity index (χ0) is 13.0. The van der Waals surface area contributed by atoms with E-state index in [1.807, 2.05) is 31.2 Å². The predicted octanol–water partition coefficient (Wildman–Crippen LogP) is 2.91. The van der Waals surface area contributed by atoms with E-state index in [1.165, 1.54) is 11.3 Å². The fraction of sp³-hybridized carbons (Fsp3) is 0.231. The number of benzene rings is 1. The topological polar surface area (TPSA) is 55.1 Å². The molecule has 1 heterocycles. The lowest BCUT2D eigenvalue weighted by atomic mass is 10.3. The van der Waals surface area contributed by atoms with Crippen molar-refractivity contribution < 1.29 is 9.47 Å². The molecule has 0 fully saturated rings. The Morgan fingerprint density at radius 3 is 2.50 bits per heavy atom. The van der Waals surface area contributed by atoms with Gasteiger partial charge in [-0.05, 0) is 31.2 Å². The monoisotopic (exact) mass is 260 g/mol. The van der Waals surface area contributed by atoms with Gasteiger partial charge in [0.05, 0.1) is 12.8 Å². The van der Waals surface area contributed by atoms with E-state index in [2.05, 4.69) is 11.1 Å². The van der Waals surface area contributed by atoms with Crippen molar-refractivity contribution in [2.24, 2.45) is 0 Å². The first-order chi connectivity index (χ1) is 8.72. The van der Waals surface area contributed by atoms with Gasteiger partial charge in [-0.25, -0.2) is 4.98 Å². The number of thiazole rings is 1. The molecule has 0 radical (unpaired) electrons. The van der Waals surface area contributed by atoms with Gasteiger partial charge in [0.25, 0.3) is 0 Å². The number of hydrogen-bond donors (Lipinski definition) is 0. The lowest BCUT2D eigenvalue weighted by molar-refractivity contribution is 0.304.